The number of carbonyl (C=O) groups excluding carboxylic acids is 3. The molecule has 1 aromatic rings. The van der Waals surface area contributed by atoms with Crippen LogP contribution in [0.25, 0.3) is 0 Å². The summed E-state index contributed by atoms with van der Waals surface area (Å²) >= 11 is 0. The van der Waals surface area contributed by atoms with Crippen molar-refractivity contribution in [2.24, 2.45) is 5.92 Å². The first-order valence-corrected chi connectivity index (χ1v) is 12.4. The average Bonchev–Trinajstić information content (AvgIpc) is 2.72. The summed E-state index contributed by atoms with van der Waals surface area (Å²) in [5.74, 6) is 1.38. The largest absolute Gasteiger partial charge is 0.493 e. The number of benzene rings is 1. The van der Waals surface area contributed by atoms with Gasteiger partial charge in [-0.05, 0) is 42.9 Å². The molecule has 0 radical (unpaired) electrons. The summed E-state index contributed by atoms with van der Waals surface area (Å²) in [6.07, 6.45) is 8.49. The molecule has 166 valence electrons. The van der Waals surface area contributed by atoms with E-state index in [-0.39, 0.29) is 11.7 Å². The molecule has 0 aliphatic heterocycles. The number of amides is 1. The Kier molecular flexibility index (Phi) is 13.8. The van der Waals surface area contributed by atoms with Crippen molar-refractivity contribution in [3.8, 4) is 11.5 Å². The Labute approximate surface area is 186 Å². The molecular formula is C22H31NO5S2. The summed E-state index contributed by atoms with van der Waals surface area (Å²) in [6, 6.07) is 5.19. The molecular weight excluding hydrogens is 422 g/mol. The van der Waals surface area contributed by atoms with Crippen molar-refractivity contribution in [2.45, 2.75) is 46.1 Å². The van der Waals surface area contributed by atoms with Gasteiger partial charge in [-0.1, -0.05) is 53.7 Å². The number of carbonyl (C=O) groups is 3. The van der Waals surface area contributed by atoms with E-state index in [4.69, 9.17) is 9.47 Å². The third-order valence-electron chi connectivity index (χ3n) is 3.88. The molecule has 0 saturated carbocycles. The number of unbranched alkanes of at least 4 members (excludes halogenated alkanes) is 2. The Bertz CT molecular complexity index is 707. The lowest BCUT2D eigenvalue weighted by Crippen LogP contribution is -2.22. The summed E-state index contributed by atoms with van der Waals surface area (Å²) in [4.78, 5) is 34.2. The number of ether oxygens (including phenoxy) is 2. The molecule has 0 heterocycles. The van der Waals surface area contributed by atoms with Crippen LogP contribution in [-0.2, 0) is 20.9 Å². The van der Waals surface area contributed by atoms with Gasteiger partial charge in [0.2, 0.25) is 5.91 Å². The van der Waals surface area contributed by atoms with E-state index in [1.165, 1.54) is 28.7 Å². The van der Waals surface area contributed by atoms with Gasteiger partial charge in [-0.2, -0.15) is 0 Å². The third kappa shape index (κ3) is 11.9. The molecule has 1 amide bonds. The Morgan fingerprint density at radius 1 is 1.17 bits per heavy atom. The van der Waals surface area contributed by atoms with E-state index in [1.807, 2.05) is 0 Å². The molecule has 1 rings (SSSR count). The second-order valence-corrected chi connectivity index (χ2v) is 9.37. The second kappa shape index (κ2) is 15.8. The molecule has 0 aliphatic carbocycles. The number of rotatable bonds is 15. The van der Waals surface area contributed by atoms with E-state index < -0.39 is 5.97 Å². The predicted molar refractivity (Wildman–Crippen MR) is 124 cm³/mol. The zero-order valence-electron chi connectivity index (χ0n) is 17.8. The minimum atomic E-state index is -0.416. The van der Waals surface area contributed by atoms with Gasteiger partial charge < -0.3 is 19.6 Å². The van der Waals surface area contributed by atoms with Crippen LogP contribution in [0.3, 0.4) is 0 Å². The lowest BCUT2D eigenvalue weighted by molar-refractivity contribution is -0.131. The first-order chi connectivity index (χ1) is 14.5. The fourth-order valence-corrected chi connectivity index (χ4v) is 3.81. The molecule has 0 atom stereocenters. The maximum Gasteiger partial charge on any atom is 0.322 e. The van der Waals surface area contributed by atoms with Gasteiger partial charge >= 0.3 is 5.97 Å². The summed E-state index contributed by atoms with van der Waals surface area (Å²) in [5, 5.41) is 2.90. The Hall–Kier alpha value is -1.93. The standard InChI is InChI=1S/C22H31NO5S2/c1-17(2)8-6-4-5-7-9-21(25)23-15-18-10-11-19(20(14-18)27-3)28-22(26)16-30-29-13-12-24/h6,8,10-12,14,17H,4-5,7,9,13,15-16H2,1-3H3,(H,23,25)/b8-6+. The van der Waals surface area contributed by atoms with Gasteiger partial charge in [0.1, 0.15) is 12.0 Å². The summed E-state index contributed by atoms with van der Waals surface area (Å²) in [7, 11) is 4.06. The molecule has 30 heavy (non-hydrogen) atoms. The second-order valence-electron chi connectivity index (χ2n) is 6.87. The van der Waals surface area contributed by atoms with Crippen molar-refractivity contribution in [3.05, 3.63) is 35.9 Å². The van der Waals surface area contributed by atoms with Gasteiger partial charge in [-0.3, -0.25) is 9.59 Å². The van der Waals surface area contributed by atoms with Gasteiger partial charge in [0.25, 0.3) is 0 Å². The van der Waals surface area contributed by atoms with Crippen LogP contribution in [0.2, 0.25) is 0 Å². The highest BCUT2D eigenvalue weighted by molar-refractivity contribution is 8.77. The number of esters is 1. The Balaban J connectivity index is 2.40. The Morgan fingerprint density at radius 2 is 1.97 bits per heavy atom. The summed E-state index contributed by atoms with van der Waals surface area (Å²) < 4.78 is 10.6. The third-order valence-corrected chi connectivity index (χ3v) is 5.94. The predicted octanol–water partition coefficient (Wildman–Crippen LogP) is 4.57. The summed E-state index contributed by atoms with van der Waals surface area (Å²) in [5.41, 5.74) is 0.857. The highest BCUT2D eigenvalue weighted by Crippen LogP contribution is 2.29. The van der Waals surface area contributed by atoms with Gasteiger partial charge in [0.05, 0.1) is 12.9 Å². The minimum absolute atomic E-state index is 0.0159. The van der Waals surface area contributed by atoms with Crippen LogP contribution in [0.4, 0.5) is 0 Å². The maximum absolute atomic E-state index is 12.0. The molecule has 8 heteroatoms. The topological polar surface area (TPSA) is 81.7 Å². The van der Waals surface area contributed by atoms with Crippen molar-refractivity contribution < 1.29 is 23.9 Å². The van der Waals surface area contributed by atoms with Crippen molar-refractivity contribution in [1.29, 1.82) is 0 Å². The van der Waals surface area contributed by atoms with Crippen LogP contribution < -0.4 is 14.8 Å². The fourth-order valence-electron chi connectivity index (χ4n) is 2.43. The lowest BCUT2D eigenvalue weighted by atomic mass is 10.1. The molecule has 1 aromatic carbocycles. The highest BCUT2D eigenvalue weighted by atomic mass is 33.1. The zero-order valence-corrected chi connectivity index (χ0v) is 19.5. The molecule has 6 nitrogen and oxygen atoms in total. The number of allylic oxidation sites excluding steroid dienone is 2. The molecule has 0 saturated heterocycles. The van der Waals surface area contributed by atoms with Crippen LogP contribution in [0.15, 0.2) is 30.4 Å². The zero-order chi connectivity index (χ0) is 22.2. The average molecular weight is 454 g/mol. The molecule has 0 bridgehead atoms. The van der Waals surface area contributed by atoms with Crippen molar-refractivity contribution >= 4 is 39.8 Å². The van der Waals surface area contributed by atoms with Crippen LogP contribution in [0, 0.1) is 5.92 Å². The van der Waals surface area contributed by atoms with Gasteiger partial charge in [-0.25, -0.2) is 0 Å². The monoisotopic (exact) mass is 453 g/mol. The SMILES string of the molecule is COc1cc(CNC(=O)CCCC/C=C/C(C)C)ccc1OC(=O)CSSCC=O. The van der Waals surface area contributed by atoms with Gasteiger partial charge in [0.15, 0.2) is 11.5 Å². The first-order valence-electron chi connectivity index (χ1n) is 9.95. The smallest absolute Gasteiger partial charge is 0.322 e. The van der Waals surface area contributed by atoms with Crippen LogP contribution in [-0.4, -0.2) is 36.8 Å². The minimum Gasteiger partial charge on any atom is -0.493 e. The number of hydrogen-bond acceptors (Lipinski definition) is 7. The number of methoxy groups -OCH3 is 1. The van der Waals surface area contributed by atoms with E-state index >= 15 is 0 Å². The summed E-state index contributed by atoms with van der Waals surface area (Å²) in [6.45, 7) is 4.67. The molecule has 0 aromatic heterocycles. The normalized spacial score (nSPS) is 10.9. The molecule has 0 unspecified atom stereocenters. The highest BCUT2D eigenvalue weighted by Gasteiger charge is 2.12. The molecule has 0 fully saturated rings. The van der Waals surface area contributed by atoms with Crippen molar-refractivity contribution in [2.75, 3.05) is 18.6 Å². The van der Waals surface area contributed by atoms with Gasteiger partial charge in [0, 0.05) is 13.0 Å². The number of aldehydes is 1. The van der Waals surface area contributed by atoms with Crippen LogP contribution in [0.1, 0.15) is 45.1 Å². The quantitative estimate of drug-likeness (QED) is 0.104. The van der Waals surface area contributed by atoms with Crippen LogP contribution in [0.5, 0.6) is 11.5 Å². The van der Waals surface area contributed by atoms with E-state index in [2.05, 4.69) is 31.3 Å². The van der Waals surface area contributed by atoms with Crippen molar-refractivity contribution in [1.82, 2.24) is 5.32 Å². The maximum atomic E-state index is 12.0. The van der Waals surface area contributed by atoms with Crippen LogP contribution >= 0.6 is 21.6 Å². The van der Waals surface area contributed by atoms with Crippen molar-refractivity contribution in [3.63, 3.8) is 0 Å². The number of hydrogen-bond donors (Lipinski definition) is 1. The molecule has 0 spiro atoms. The lowest BCUT2D eigenvalue weighted by Gasteiger charge is -2.11. The number of nitrogens with one attached hydrogen (secondary N) is 1. The Morgan fingerprint density at radius 3 is 2.67 bits per heavy atom. The van der Waals surface area contributed by atoms with E-state index in [0.717, 1.165) is 31.1 Å². The molecule has 0 aliphatic rings. The van der Waals surface area contributed by atoms with E-state index in [9.17, 15) is 14.4 Å². The van der Waals surface area contributed by atoms with E-state index in [0.29, 0.717) is 36.1 Å². The van der Waals surface area contributed by atoms with Gasteiger partial charge in [-0.15, -0.1) is 0 Å². The first kappa shape index (κ1) is 26.1. The fraction of sp³-hybridized carbons (Fsp3) is 0.500. The molecule has 1 N–H and O–H groups in total. The van der Waals surface area contributed by atoms with E-state index in [1.54, 1.807) is 18.2 Å².